The van der Waals surface area contributed by atoms with E-state index in [1.165, 1.54) is 116 Å². The second-order valence-corrected chi connectivity index (χ2v) is 29.7. The molecule has 10 nitrogen and oxygen atoms in total. The van der Waals surface area contributed by atoms with Gasteiger partial charge in [-0.05, 0) is 142 Å². The van der Waals surface area contributed by atoms with E-state index < -0.39 is 10.8 Å². The number of hydrogen-bond acceptors (Lipinski definition) is 7. The molecular weight excluding hydrogens is 1230 g/mol. The van der Waals surface area contributed by atoms with Crippen molar-refractivity contribution in [2.75, 3.05) is 18.0 Å². The average Bonchev–Trinajstić information content (AvgIpc) is 1.57. The number of nitrogens with zero attached hydrogens (tertiary/aromatic N) is 8. The minimum absolute atomic E-state index is 0.189. The quantitative estimate of drug-likeness (QED) is 0.0191. The van der Waals surface area contributed by atoms with Crippen LogP contribution in [0.15, 0.2) is 156 Å². The Morgan fingerprint density at radius 3 is 1.36 bits per heavy atom. The van der Waals surface area contributed by atoms with Crippen molar-refractivity contribution in [1.29, 1.82) is 0 Å². The van der Waals surface area contributed by atoms with Crippen LogP contribution in [0.1, 0.15) is 243 Å². The molecular formula is C90H102N8O2. The molecule has 10 heteroatoms. The molecule has 2 aliphatic heterocycles. The first-order chi connectivity index (χ1) is 48.8. The first-order valence-corrected chi connectivity index (χ1v) is 38.3. The van der Waals surface area contributed by atoms with Crippen LogP contribution in [0.2, 0.25) is 0 Å². The van der Waals surface area contributed by atoms with E-state index in [-0.39, 0.29) is 22.7 Å². The van der Waals surface area contributed by atoms with E-state index >= 15 is 0 Å². The maximum Gasteiger partial charge on any atom is 0.209 e. The third-order valence-electron chi connectivity index (χ3n) is 21.7. The van der Waals surface area contributed by atoms with E-state index in [1.807, 2.05) is 48.6 Å². The molecule has 100 heavy (non-hydrogen) atoms. The van der Waals surface area contributed by atoms with Crippen molar-refractivity contribution < 1.29 is 14.5 Å². The summed E-state index contributed by atoms with van der Waals surface area (Å²) in [4.78, 5) is 38.1. The predicted molar refractivity (Wildman–Crippen MR) is 415 cm³/mol. The van der Waals surface area contributed by atoms with Crippen LogP contribution in [-0.4, -0.2) is 58.2 Å². The van der Waals surface area contributed by atoms with Gasteiger partial charge in [-0.2, -0.15) is 4.58 Å². The number of hydrogen-bond donors (Lipinski definition) is 0. The zero-order valence-electron chi connectivity index (χ0n) is 60.9. The van der Waals surface area contributed by atoms with Gasteiger partial charge in [0.25, 0.3) is 0 Å². The van der Waals surface area contributed by atoms with E-state index in [0.29, 0.717) is 0 Å². The van der Waals surface area contributed by atoms with Crippen molar-refractivity contribution in [3.05, 3.63) is 189 Å². The molecule has 0 N–H and O–H groups in total. The standard InChI is InChI=1S/C90H102N8O2/c1-9-13-17-21-25-33-53-95-77-51-47-63(41-43-65-45-49-67-79(59-65)97(55-35-27-23-19-15-11-3)87-83(67)91-73-37-29-31-39-75(73)93-87)57-71(77)89(5,6)81(95)61-69-85(99)70(86(69)100)62-82-90(7,8)72-58-64(48-52-78(72)96(82)54-34-26-22-18-14-10-2)42-44-66-46-50-68-80(60-66)98(56-36-28-24-20-16-12-4)88-84(68)92-74-38-30-32-40-76(74)94-88/h29-32,37-40,45-52,57-62H,9-28,33-36,53-56H2,1-8H3. The Morgan fingerprint density at radius 2 is 0.870 bits per heavy atom. The molecule has 13 rings (SSSR count). The minimum atomic E-state index is -0.523. The summed E-state index contributed by atoms with van der Waals surface area (Å²) in [7, 11) is 0. The molecule has 0 unspecified atom stereocenters. The first kappa shape index (κ1) is 69.4. The highest BCUT2D eigenvalue weighted by Gasteiger charge is 2.47. The maximum absolute atomic E-state index is 14.9. The molecule has 3 aliphatic rings. The Hall–Kier alpha value is -9.12. The number of allylic oxidation sites excluding steroid dienone is 5. The molecule has 4 aromatic heterocycles. The van der Waals surface area contributed by atoms with Crippen molar-refractivity contribution in [3.8, 4) is 23.7 Å². The first-order valence-electron chi connectivity index (χ1n) is 38.3. The highest BCUT2D eigenvalue weighted by atomic mass is 16.3. The molecule has 0 amide bonds. The number of rotatable bonds is 30. The number of Topliss-reactive ketones (excluding diaryl/α,β-unsaturated/α-hetero) is 1. The number of benzene rings is 6. The van der Waals surface area contributed by atoms with Crippen LogP contribution in [0.3, 0.4) is 0 Å². The number of ketones is 1. The summed E-state index contributed by atoms with van der Waals surface area (Å²) in [5.41, 5.74) is 19.2. The number of para-hydroxylation sites is 4. The van der Waals surface area contributed by atoms with Gasteiger partial charge in [0.2, 0.25) is 5.69 Å². The van der Waals surface area contributed by atoms with Crippen molar-refractivity contribution in [3.63, 3.8) is 0 Å². The van der Waals surface area contributed by atoms with Crippen molar-refractivity contribution in [2.45, 2.75) is 233 Å². The third-order valence-corrected chi connectivity index (χ3v) is 21.7. The highest BCUT2D eigenvalue weighted by Crippen LogP contribution is 2.50. The average molecular weight is 1330 g/mol. The van der Waals surface area contributed by atoms with Crippen LogP contribution >= 0.6 is 0 Å². The van der Waals surface area contributed by atoms with Gasteiger partial charge in [0.15, 0.2) is 22.8 Å². The number of aryl methyl sites for hydroxylation is 2. The van der Waals surface area contributed by atoms with Gasteiger partial charge in [0.1, 0.15) is 17.6 Å². The number of carbonyl (C=O) groups is 1. The number of unbranched alkanes of at least 4 members (excludes halogenated alkanes) is 20. The topological polar surface area (TPSA) is 108 Å². The van der Waals surface area contributed by atoms with Gasteiger partial charge in [-0.15, -0.1) is 0 Å². The van der Waals surface area contributed by atoms with Crippen molar-refractivity contribution in [2.24, 2.45) is 0 Å². The van der Waals surface area contributed by atoms with Crippen molar-refractivity contribution in [1.82, 2.24) is 29.1 Å². The zero-order valence-corrected chi connectivity index (χ0v) is 60.9. The van der Waals surface area contributed by atoms with Crippen LogP contribution in [0.25, 0.3) is 66.2 Å². The fraction of sp³-hybridized carbons (Fsp3) is 0.422. The molecule has 0 saturated carbocycles. The lowest BCUT2D eigenvalue weighted by atomic mass is 9.77. The summed E-state index contributed by atoms with van der Waals surface area (Å²) < 4.78 is 7.14. The summed E-state index contributed by atoms with van der Waals surface area (Å²) in [5.74, 6) is 13.9. The van der Waals surface area contributed by atoms with Gasteiger partial charge in [0, 0.05) is 105 Å². The van der Waals surface area contributed by atoms with Gasteiger partial charge in [-0.3, -0.25) is 4.79 Å². The van der Waals surface area contributed by atoms with Gasteiger partial charge in [-0.25, -0.2) is 19.9 Å². The van der Waals surface area contributed by atoms with Crippen LogP contribution < -0.4 is 10.0 Å². The summed E-state index contributed by atoms with van der Waals surface area (Å²) in [5, 5.41) is 17.1. The minimum Gasteiger partial charge on any atom is -0.871 e. The molecule has 0 atom stereocenters. The molecule has 1 aliphatic carbocycles. The van der Waals surface area contributed by atoms with E-state index in [0.717, 1.165) is 187 Å². The monoisotopic (exact) mass is 1330 g/mol. The normalized spacial score (nSPS) is 15.5. The van der Waals surface area contributed by atoms with Gasteiger partial charge in [0.05, 0.1) is 38.5 Å². The summed E-state index contributed by atoms with van der Waals surface area (Å²) in [6.45, 7) is 21.3. The third kappa shape index (κ3) is 14.3. The summed E-state index contributed by atoms with van der Waals surface area (Å²) in [6.07, 6.45) is 32.4. The Labute approximate surface area is 593 Å². The maximum atomic E-state index is 14.9. The Balaban J connectivity index is 0.795. The molecule has 514 valence electrons. The van der Waals surface area contributed by atoms with Gasteiger partial charge >= 0.3 is 0 Å². The smallest absolute Gasteiger partial charge is 0.209 e. The molecule has 0 bridgehead atoms. The Kier molecular flexibility index (Phi) is 21.6. The Bertz CT molecular complexity index is 4980. The van der Waals surface area contributed by atoms with E-state index in [1.54, 1.807) is 0 Å². The summed E-state index contributed by atoms with van der Waals surface area (Å²) >= 11 is 0. The number of carbonyl (C=O) groups excluding carboxylic acids is 1. The molecule has 6 aromatic carbocycles. The molecule has 0 fully saturated rings. The van der Waals surface area contributed by atoms with Gasteiger partial charge in [-0.1, -0.05) is 217 Å². The number of fused-ring (bicyclic) bond motifs is 10. The second-order valence-electron chi connectivity index (χ2n) is 29.7. The Morgan fingerprint density at radius 1 is 0.450 bits per heavy atom. The number of anilines is 1. The molecule has 10 aromatic rings. The number of aromatic nitrogens is 6. The SMILES string of the molecule is CCCCCCCCN1/C(=C/C2=C([O-])C(=C\C3=[N+](CCCCCCCC)c4ccc(C#Cc5ccc6c7nc8ccccc8nc7n(CCCCCCCC)c6c5)cc4C3(C)C)/C2=O)C(C)(C)c2cc(C#Cc3ccc4c5nc6ccccc6nc5n(CCCCCCCC)c4c3)ccc21. The highest BCUT2D eigenvalue weighted by molar-refractivity contribution is 6.24. The molecule has 0 saturated heterocycles. The second kappa shape index (κ2) is 31.2. The van der Waals surface area contributed by atoms with Crippen LogP contribution in [0.4, 0.5) is 11.4 Å². The lowest BCUT2D eigenvalue weighted by Crippen LogP contribution is -2.35. The molecule has 0 radical (unpaired) electrons. The fourth-order valence-corrected chi connectivity index (χ4v) is 15.8. The largest absolute Gasteiger partial charge is 0.871 e. The van der Waals surface area contributed by atoms with Crippen LogP contribution in [0.5, 0.6) is 0 Å². The lowest BCUT2D eigenvalue weighted by molar-refractivity contribution is -0.438. The fourth-order valence-electron chi connectivity index (χ4n) is 15.8. The predicted octanol–water partition coefficient (Wildman–Crippen LogP) is 21.2. The van der Waals surface area contributed by atoms with E-state index in [4.69, 9.17) is 19.9 Å². The lowest BCUT2D eigenvalue weighted by Gasteiger charge is -2.33. The van der Waals surface area contributed by atoms with Crippen LogP contribution in [0, 0.1) is 23.7 Å². The van der Waals surface area contributed by atoms with Crippen molar-refractivity contribution >= 4 is 89.1 Å². The van der Waals surface area contributed by atoms with E-state index in [2.05, 4.69) is 183 Å². The molecule has 6 heterocycles. The van der Waals surface area contributed by atoms with Gasteiger partial charge < -0.3 is 19.1 Å². The molecule has 0 spiro atoms. The zero-order chi connectivity index (χ0) is 69.3. The van der Waals surface area contributed by atoms with E-state index in [9.17, 15) is 9.90 Å². The summed E-state index contributed by atoms with van der Waals surface area (Å²) in [6, 6.07) is 42.6. The van der Waals surface area contributed by atoms with Crippen LogP contribution in [-0.2, 0) is 28.7 Å².